The number of carbonyl (C=O) groups excluding carboxylic acids is 1. The number of nitrogens with zero attached hydrogens (tertiary/aromatic N) is 1. The lowest BCUT2D eigenvalue weighted by Gasteiger charge is -2.23. The second-order valence-electron chi connectivity index (χ2n) is 3.70. The van der Waals surface area contributed by atoms with Gasteiger partial charge >= 0.3 is 6.09 Å². The highest BCUT2D eigenvalue weighted by Crippen LogP contribution is 2.10. The Bertz CT molecular complexity index is 394. The second-order valence-corrected chi connectivity index (χ2v) is 3.97. The van der Waals surface area contributed by atoms with Crippen molar-refractivity contribution in [1.82, 2.24) is 4.90 Å². The average molecular weight is 256 g/mol. The Labute approximate surface area is 105 Å². The summed E-state index contributed by atoms with van der Waals surface area (Å²) in [7, 11) is 1.38. The maximum absolute atomic E-state index is 11.6. The molecule has 1 N–H and O–H groups in total. The van der Waals surface area contributed by atoms with Crippen molar-refractivity contribution < 1.29 is 14.7 Å². The van der Waals surface area contributed by atoms with Crippen molar-refractivity contribution in [3.8, 4) is 0 Å². The Hall–Kier alpha value is -1.55. The fourth-order valence-electron chi connectivity index (χ4n) is 1.53. The number of halogens is 1. The van der Waals surface area contributed by atoms with E-state index < -0.39 is 12.1 Å². The number of likely N-dealkylation sites (N-methyl/N-ethyl adjacent to an activating group) is 1. The van der Waals surface area contributed by atoms with E-state index in [1.165, 1.54) is 7.05 Å². The van der Waals surface area contributed by atoms with Crippen LogP contribution in [0.2, 0.25) is 0 Å². The number of rotatable bonds is 5. The Balaban J connectivity index is 2.85. The monoisotopic (exact) mass is 255 g/mol. The molecule has 0 fully saturated rings. The van der Waals surface area contributed by atoms with E-state index in [-0.39, 0.29) is 11.7 Å². The number of benzene rings is 1. The predicted molar refractivity (Wildman–Crippen MR) is 65.4 cm³/mol. The Kier molecular flexibility index (Phi) is 4.97. The molecule has 5 heteroatoms. The molecule has 0 heterocycles. The summed E-state index contributed by atoms with van der Waals surface area (Å²) in [5.74, 6) is -0.477. The van der Waals surface area contributed by atoms with Gasteiger partial charge in [0.15, 0.2) is 5.78 Å². The van der Waals surface area contributed by atoms with Crippen molar-refractivity contribution in [3.05, 3.63) is 35.9 Å². The van der Waals surface area contributed by atoms with Gasteiger partial charge in [-0.15, -0.1) is 11.6 Å². The summed E-state index contributed by atoms with van der Waals surface area (Å²) in [6, 6.07) is 8.53. The van der Waals surface area contributed by atoms with Crippen molar-refractivity contribution in [1.29, 1.82) is 0 Å². The summed E-state index contributed by atoms with van der Waals surface area (Å²) in [6.45, 7) is 0. The van der Waals surface area contributed by atoms with E-state index in [2.05, 4.69) is 0 Å². The van der Waals surface area contributed by atoms with Crippen LogP contribution in [-0.4, -0.2) is 40.9 Å². The SMILES string of the molecule is CN(C(=O)O)[C@H](Cc1ccccc1)C(=O)CCl. The largest absolute Gasteiger partial charge is 0.465 e. The molecular weight excluding hydrogens is 242 g/mol. The van der Waals surface area contributed by atoms with Crippen LogP contribution in [0.3, 0.4) is 0 Å². The van der Waals surface area contributed by atoms with Crippen molar-refractivity contribution in [3.63, 3.8) is 0 Å². The summed E-state index contributed by atoms with van der Waals surface area (Å²) in [5.41, 5.74) is 0.907. The van der Waals surface area contributed by atoms with E-state index in [4.69, 9.17) is 16.7 Å². The lowest BCUT2D eigenvalue weighted by Crippen LogP contribution is -2.43. The number of carboxylic acid groups (broad SMARTS) is 1. The van der Waals surface area contributed by atoms with Gasteiger partial charge in [0.05, 0.1) is 11.9 Å². The molecule has 1 atom stereocenters. The smallest absolute Gasteiger partial charge is 0.407 e. The average Bonchev–Trinajstić information content (AvgIpc) is 2.35. The fourth-order valence-corrected chi connectivity index (χ4v) is 1.70. The van der Waals surface area contributed by atoms with E-state index in [1.807, 2.05) is 30.3 Å². The normalized spacial score (nSPS) is 11.9. The zero-order chi connectivity index (χ0) is 12.8. The summed E-state index contributed by atoms with van der Waals surface area (Å²) in [4.78, 5) is 23.5. The fraction of sp³-hybridized carbons (Fsp3) is 0.333. The molecule has 0 unspecified atom stereocenters. The van der Waals surface area contributed by atoms with Gasteiger partial charge in [0, 0.05) is 13.5 Å². The maximum atomic E-state index is 11.6. The minimum absolute atomic E-state index is 0.185. The molecule has 1 amide bonds. The van der Waals surface area contributed by atoms with Crippen molar-refractivity contribution >= 4 is 23.5 Å². The third-order valence-corrected chi connectivity index (χ3v) is 2.81. The molecular formula is C12H14ClNO3. The molecule has 92 valence electrons. The van der Waals surface area contributed by atoms with Crippen molar-refractivity contribution in [2.45, 2.75) is 12.5 Å². The van der Waals surface area contributed by atoms with Gasteiger partial charge < -0.3 is 10.0 Å². The van der Waals surface area contributed by atoms with Crippen LogP contribution >= 0.6 is 11.6 Å². The highest BCUT2D eigenvalue weighted by Gasteiger charge is 2.25. The van der Waals surface area contributed by atoms with Crippen LogP contribution in [0.4, 0.5) is 4.79 Å². The molecule has 0 aromatic heterocycles. The molecule has 0 spiro atoms. The molecule has 0 radical (unpaired) electrons. The molecule has 0 aliphatic heterocycles. The standard InChI is InChI=1S/C12H14ClNO3/c1-14(12(16)17)10(11(15)8-13)7-9-5-3-2-4-6-9/h2-6,10H,7-8H2,1H3,(H,16,17)/t10-/m1/s1. The first-order chi connectivity index (χ1) is 8.06. The van der Waals surface area contributed by atoms with Gasteiger partial charge in [0.2, 0.25) is 0 Å². The van der Waals surface area contributed by atoms with Gasteiger partial charge in [-0.1, -0.05) is 30.3 Å². The number of Topliss-reactive ketones (excluding diaryl/α,β-unsaturated/α-hetero) is 1. The van der Waals surface area contributed by atoms with E-state index in [9.17, 15) is 9.59 Å². The molecule has 0 aliphatic rings. The zero-order valence-electron chi connectivity index (χ0n) is 9.47. The number of hydrogen-bond donors (Lipinski definition) is 1. The summed E-state index contributed by atoms with van der Waals surface area (Å²) in [6.07, 6.45) is -0.792. The summed E-state index contributed by atoms with van der Waals surface area (Å²) >= 11 is 5.49. The molecule has 0 saturated heterocycles. The van der Waals surface area contributed by atoms with Gasteiger partial charge in [-0.25, -0.2) is 4.79 Å². The Morgan fingerprint density at radius 3 is 2.41 bits per heavy atom. The third kappa shape index (κ3) is 3.75. The van der Waals surface area contributed by atoms with Crippen LogP contribution in [0, 0.1) is 0 Å². The first kappa shape index (κ1) is 13.5. The lowest BCUT2D eigenvalue weighted by atomic mass is 10.0. The predicted octanol–water partition coefficient (Wildman–Crippen LogP) is 2.02. The van der Waals surface area contributed by atoms with Gasteiger partial charge in [-0.05, 0) is 5.56 Å². The minimum atomic E-state index is -1.13. The van der Waals surface area contributed by atoms with Crippen LogP contribution < -0.4 is 0 Å². The lowest BCUT2D eigenvalue weighted by molar-refractivity contribution is -0.120. The van der Waals surface area contributed by atoms with Crippen molar-refractivity contribution in [2.24, 2.45) is 0 Å². The van der Waals surface area contributed by atoms with Gasteiger partial charge in [-0.3, -0.25) is 4.79 Å². The Morgan fingerprint density at radius 2 is 1.94 bits per heavy atom. The molecule has 1 rings (SSSR count). The van der Waals surface area contributed by atoms with Crippen LogP contribution in [-0.2, 0) is 11.2 Å². The second kappa shape index (κ2) is 6.25. The molecule has 0 bridgehead atoms. The van der Waals surface area contributed by atoms with Crippen LogP contribution in [0.1, 0.15) is 5.56 Å². The number of alkyl halides is 1. The first-order valence-electron chi connectivity index (χ1n) is 5.14. The molecule has 0 aliphatic carbocycles. The van der Waals surface area contributed by atoms with E-state index in [0.717, 1.165) is 10.5 Å². The van der Waals surface area contributed by atoms with Gasteiger partial charge in [0.25, 0.3) is 0 Å². The van der Waals surface area contributed by atoms with Gasteiger partial charge in [-0.2, -0.15) is 0 Å². The van der Waals surface area contributed by atoms with E-state index >= 15 is 0 Å². The number of hydrogen-bond acceptors (Lipinski definition) is 2. The third-order valence-electron chi connectivity index (χ3n) is 2.54. The molecule has 1 aromatic rings. The maximum Gasteiger partial charge on any atom is 0.407 e. The van der Waals surface area contributed by atoms with Crippen LogP contribution in [0.25, 0.3) is 0 Å². The molecule has 0 saturated carbocycles. The van der Waals surface area contributed by atoms with Crippen molar-refractivity contribution in [2.75, 3.05) is 12.9 Å². The van der Waals surface area contributed by atoms with Crippen LogP contribution in [0.5, 0.6) is 0 Å². The first-order valence-corrected chi connectivity index (χ1v) is 5.68. The quantitative estimate of drug-likeness (QED) is 0.819. The zero-order valence-corrected chi connectivity index (χ0v) is 10.2. The molecule has 4 nitrogen and oxygen atoms in total. The van der Waals surface area contributed by atoms with E-state index in [1.54, 1.807) is 0 Å². The highest BCUT2D eigenvalue weighted by atomic mass is 35.5. The summed E-state index contributed by atoms with van der Waals surface area (Å²) in [5, 5.41) is 8.91. The topological polar surface area (TPSA) is 57.6 Å². The minimum Gasteiger partial charge on any atom is -0.465 e. The van der Waals surface area contributed by atoms with Gasteiger partial charge in [0.1, 0.15) is 0 Å². The van der Waals surface area contributed by atoms with Crippen LogP contribution in [0.15, 0.2) is 30.3 Å². The highest BCUT2D eigenvalue weighted by molar-refractivity contribution is 6.28. The Morgan fingerprint density at radius 1 is 1.35 bits per heavy atom. The number of amides is 1. The molecule has 1 aromatic carbocycles. The number of carbonyl (C=O) groups is 2. The number of ketones is 1. The summed E-state index contributed by atoms with van der Waals surface area (Å²) < 4.78 is 0. The molecule has 17 heavy (non-hydrogen) atoms. The van der Waals surface area contributed by atoms with E-state index in [0.29, 0.717) is 6.42 Å².